The van der Waals surface area contributed by atoms with E-state index in [4.69, 9.17) is 9.84 Å². The highest BCUT2D eigenvalue weighted by atomic mass is 16.5. The first-order valence-electron chi connectivity index (χ1n) is 10.5. The molecule has 0 radical (unpaired) electrons. The van der Waals surface area contributed by atoms with Crippen molar-refractivity contribution in [2.75, 3.05) is 11.9 Å². The van der Waals surface area contributed by atoms with Gasteiger partial charge in [0.2, 0.25) is 5.82 Å². The van der Waals surface area contributed by atoms with E-state index in [1.165, 1.54) is 0 Å². The van der Waals surface area contributed by atoms with Gasteiger partial charge in [-0.2, -0.15) is 9.61 Å². The fourth-order valence-electron chi connectivity index (χ4n) is 3.49. The van der Waals surface area contributed by atoms with Gasteiger partial charge in [0.15, 0.2) is 5.65 Å². The summed E-state index contributed by atoms with van der Waals surface area (Å²) in [7, 11) is 0. The standard InChI is InChI=1S/C25H20N6O2/c1-2-33-22-12-4-3-10-19(22)25(32)27-18-9-7-8-17(16-18)20-13-14-23-28-29-24(31(23)30-20)21-11-5-6-15-26-21/h3-16H,2H2,1H3,(H,27,32). The molecule has 1 N–H and O–H groups in total. The van der Waals surface area contributed by atoms with Gasteiger partial charge in [-0.3, -0.25) is 9.78 Å². The first kappa shape index (κ1) is 20.3. The van der Waals surface area contributed by atoms with Crippen molar-refractivity contribution in [3.05, 3.63) is 90.6 Å². The number of hydrogen-bond acceptors (Lipinski definition) is 6. The monoisotopic (exact) mass is 436 g/mol. The average Bonchev–Trinajstić information content (AvgIpc) is 3.29. The van der Waals surface area contributed by atoms with E-state index in [9.17, 15) is 4.79 Å². The first-order chi connectivity index (χ1) is 16.2. The Bertz CT molecular complexity index is 1430. The minimum Gasteiger partial charge on any atom is -0.493 e. The Morgan fingerprint density at radius 2 is 1.82 bits per heavy atom. The summed E-state index contributed by atoms with van der Waals surface area (Å²) >= 11 is 0. The Morgan fingerprint density at radius 1 is 0.939 bits per heavy atom. The number of rotatable bonds is 6. The Kier molecular flexibility index (Phi) is 5.47. The molecule has 1 amide bonds. The van der Waals surface area contributed by atoms with Crippen LogP contribution in [0.1, 0.15) is 17.3 Å². The minimum atomic E-state index is -0.240. The molecule has 0 bridgehead atoms. The van der Waals surface area contributed by atoms with E-state index in [1.807, 2.05) is 73.7 Å². The summed E-state index contributed by atoms with van der Waals surface area (Å²) in [6.45, 7) is 2.37. The second kappa shape index (κ2) is 8.88. The van der Waals surface area contributed by atoms with Gasteiger partial charge in [-0.05, 0) is 55.5 Å². The zero-order chi connectivity index (χ0) is 22.6. The zero-order valence-corrected chi connectivity index (χ0v) is 17.8. The van der Waals surface area contributed by atoms with E-state index in [-0.39, 0.29) is 5.91 Å². The fourth-order valence-corrected chi connectivity index (χ4v) is 3.49. The number of pyridine rings is 1. The largest absolute Gasteiger partial charge is 0.493 e. The van der Waals surface area contributed by atoms with Gasteiger partial charge in [-0.25, -0.2) is 0 Å². The number of nitrogens with zero attached hydrogens (tertiary/aromatic N) is 5. The summed E-state index contributed by atoms with van der Waals surface area (Å²) in [5, 5.41) is 16.1. The Labute approximate surface area is 189 Å². The number of aromatic nitrogens is 5. The van der Waals surface area contributed by atoms with Crippen LogP contribution < -0.4 is 10.1 Å². The maximum Gasteiger partial charge on any atom is 0.259 e. The van der Waals surface area contributed by atoms with Crippen molar-refractivity contribution < 1.29 is 9.53 Å². The summed E-state index contributed by atoms with van der Waals surface area (Å²) in [5.74, 6) is 0.871. The third kappa shape index (κ3) is 4.14. The van der Waals surface area contributed by atoms with Crippen LogP contribution in [-0.2, 0) is 0 Å². The van der Waals surface area contributed by atoms with Crippen molar-refractivity contribution in [3.8, 4) is 28.5 Å². The molecule has 0 atom stereocenters. The summed E-state index contributed by atoms with van der Waals surface area (Å²) in [6.07, 6.45) is 1.70. The number of hydrogen-bond donors (Lipinski definition) is 1. The molecule has 5 rings (SSSR count). The lowest BCUT2D eigenvalue weighted by atomic mass is 10.1. The van der Waals surface area contributed by atoms with Crippen LogP contribution in [0.3, 0.4) is 0 Å². The number of ether oxygens (including phenoxy) is 1. The van der Waals surface area contributed by atoms with Crippen molar-refractivity contribution in [3.63, 3.8) is 0 Å². The molecule has 3 aromatic heterocycles. The third-order valence-corrected chi connectivity index (χ3v) is 5.00. The van der Waals surface area contributed by atoms with E-state index < -0.39 is 0 Å². The second-order valence-corrected chi connectivity index (χ2v) is 7.19. The van der Waals surface area contributed by atoms with Crippen molar-refractivity contribution >= 4 is 17.2 Å². The van der Waals surface area contributed by atoms with Crippen LogP contribution in [0.5, 0.6) is 5.75 Å². The Balaban J connectivity index is 1.45. The minimum absolute atomic E-state index is 0.240. The topological polar surface area (TPSA) is 94.3 Å². The molecular weight excluding hydrogens is 416 g/mol. The highest BCUT2D eigenvalue weighted by Gasteiger charge is 2.14. The highest BCUT2D eigenvalue weighted by Crippen LogP contribution is 2.24. The van der Waals surface area contributed by atoms with E-state index in [2.05, 4.69) is 20.5 Å². The summed E-state index contributed by atoms with van der Waals surface area (Å²) in [6, 6.07) is 24.0. The molecule has 8 heteroatoms. The molecule has 0 saturated carbocycles. The van der Waals surface area contributed by atoms with Crippen LogP contribution in [0.2, 0.25) is 0 Å². The number of benzene rings is 2. The number of fused-ring (bicyclic) bond motifs is 1. The summed E-state index contributed by atoms with van der Waals surface area (Å²) in [4.78, 5) is 17.2. The molecule has 0 saturated heterocycles. The predicted molar refractivity (Wildman–Crippen MR) is 125 cm³/mol. The molecule has 0 spiro atoms. The molecule has 3 heterocycles. The van der Waals surface area contributed by atoms with Gasteiger partial charge in [0.1, 0.15) is 11.4 Å². The molecule has 2 aromatic carbocycles. The normalized spacial score (nSPS) is 10.8. The van der Waals surface area contributed by atoms with Crippen LogP contribution in [0.4, 0.5) is 5.69 Å². The maximum absolute atomic E-state index is 12.9. The maximum atomic E-state index is 12.9. The van der Waals surface area contributed by atoms with Crippen LogP contribution in [-0.4, -0.2) is 37.3 Å². The number of nitrogens with one attached hydrogen (secondary N) is 1. The lowest BCUT2D eigenvalue weighted by molar-refractivity contribution is 0.102. The average molecular weight is 436 g/mol. The van der Waals surface area contributed by atoms with Gasteiger partial charge >= 0.3 is 0 Å². The van der Waals surface area contributed by atoms with Gasteiger partial charge in [-0.1, -0.05) is 30.3 Å². The molecule has 8 nitrogen and oxygen atoms in total. The van der Waals surface area contributed by atoms with Gasteiger partial charge in [-0.15, -0.1) is 10.2 Å². The van der Waals surface area contributed by atoms with Crippen molar-refractivity contribution in [2.45, 2.75) is 6.92 Å². The molecule has 33 heavy (non-hydrogen) atoms. The van der Waals surface area contributed by atoms with Gasteiger partial charge < -0.3 is 10.1 Å². The predicted octanol–water partition coefficient (Wildman–Crippen LogP) is 4.50. The smallest absolute Gasteiger partial charge is 0.259 e. The number of amides is 1. The molecule has 0 aliphatic carbocycles. The molecule has 5 aromatic rings. The third-order valence-electron chi connectivity index (χ3n) is 5.00. The zero-order valence-electron chi connectivity index (χ0n) is 17.8. The molecular formula is C25H20N6O2. The van der Waals surface area contributed by atoms with Crippen LogP contribution in [0.25, 0.3) is 28.4 Å². The molecule has 0 unspecified atom stereocenters. The summed E-state index contributed by atoms with van der Waals surface area (Å²) in [5.41, 5.74) is 3.99. The first-order valence-corrected chi connectivity index (χ1v) is 10.5. The van der Waals surface area contributed by atoms with Crippen LogP contribution in [0, 0.1) is 0 Å². The van der Waals surface area contributed by atoms with Gasteiger partial charge in [0.25, 0.3) is 5.91 Å². The van der Waals surface area contributed by atoms with E-state index >= 15 is 0 Å². The van der Waals surface area contributed by atoms with Crippen LogP contribution in [0.15, 0.2) is 85.1 Å². The number of para-hydroxylation sites is 1. The molecule has 0 fully saturated rings. The van der Waals surface area contributed by atoms with E-state index in [1.54, 1.807) is 22.8 Å². The van der Waals surface area contributed by atoms with Crippen molar-refractivity contribution in [1.29, 1.82) is 0 Å². The number of anilines is 1. The summed E-state index contributed by atoms with van der Waals surface area (Å²) < 4.78 is 7.25. The molecule has 0 aliphatic rings. The lowest BCUT2D eigenvalue weighted by Crippen LogP contribution is -2.13. The lowest BCUT2D eigenvalue weighted by Gasteiger charge is -2.11. The second-order valence-electron chi connectivity index (χ2n) is 7.19. The van der Waals surface area contributed by atoms with Crippen molar-refractivity contribution in [2.24, 2.45) is 0 Å². The SMILES string of the molecule is CCOc1ccccc1C(=O)Nc1cccc(-c2ccc3nnc(-c4ccccn4)n3n2)c1. The van der Waals surface area contributed by atoms with E-state index in [0.717, 1.165) is 5.56 Å². The van der Waals surface area contributed by atoms with Gasteiger partial charge in [0.05, 0.1) is 17.9 Å². The van der Waals surface area contributed by atoms with E-state index in [0.29, 0.717) is 46.5 Å². The van der Waals surface area contributed by atoms with Gasteiger partial charge in [0, 0.05) is 17.4 Å². The molecule has 162 valence electrons. The van der Waals surface area contributed by atoms with Crippen LogP contribution >= 0.6 is 0 Å². The highest BCUT2D eigenvalue weighted by molar-refractivity contribution is 6.06. The Hall–Kier alpha value is -4.59. The Morgan fingerprint density at radius 3 is 2.67 bits per heavy atom. The molecule has 0 aliphatic heterocycles. The number of carbonyl (C=O) groups excluding carboxylic acids is 1. The fraction of sp³-hybridized carbons (Fsp3) is 0.0800. The van der Waals surface area contributed by atoms with Crippen molar-refractivity contribution in [1.82, 2.24) is 24.8 Å². The quantitative estimate of drug-likeness (QED) is 0.421. The number of carbonyl (C=O) groups is 1.